The molecule has 1 atom stereocenters. The lowest BCUT2D eigenvalue weighted by molar-refractivity contribution is 0.179. The number of ether oxygens (including phenoxy) is 1. The minimum atomic E-state index is 0. The van der Waals surface area contributed by atoms with Crippen LogP contribution in [0.4, 0.5) is 0 Å². The van der Waals surface area contributed by atoms with Crippen LogP contribution in [-0.2, 0) is 11.3 Å². The molecule has 0 spiro atoms. The number of guanidine groups is 1. The lowest BCUT2D eigenvalue weighted by atomic mass is 10.1. The van der Waals surface area contributed by atoms with E-state index in [4.69, 9.17) is 9.26 Å². The van der Waals surface area contributed by atoms with E-state index in [9.17, 15) is 0 Å². The first-order valence-electron chi connectivity index (χ1n) is 7.06. The van der Waals surface area contributed by atoms with Crippen LogP contribution in [0.5, 0.6) is 0 Å². The van der Waals surface area contributed by atoms with Crippen molar-refractivity contribution in [2.45, 2.75) is 46.2 Å². The van der Waals surface area contributed by atoms with Crippen LogP contribution in [0, 0.1) is 0 Å². The molecule has 1 aromatic heterocycles. The molecule has 0 aromatic carbocycles. The first kappa shape index (κ1) is 20.2. The summed E-state index contributed by atoms with van der Waals surface area (Å²) in [5.74, 6) is 1.88. The molecule has 122 valence electrons. The van der Waals surface area contributed by atoms with Gasteiger partial charge in [-0.15, -0.1) is 24.0 Å². The molecule has 0 amide bonds. The van der Waals surface area contributed by atoms with Crippen molar-refractivity contribution >= 4 is 29.9 Å². The minimum absolute atomic E-state index is 0. The monoisotopic (exact) mass is 410 g/mol. The van der Waals surface area contributed by atoms with E-state index in [0.29, 0.717) is 19.1 Å². The fourth-order valence-electron chi connectivity index (χ4n) is 1.68. The smallest absolute Gasteiger partial charge is 0.191 e. The molecule has 6 nitrogen and oxygen atoms in total. The van der Waals surface area contributed by atoms with Gasteiger partial charge in [0.15, 0.2) is 11.7 Å². The van der Waals surface area contributed by atoms with Crippen LogP contribution in [0.25, 0.3) is 0 Å². The quantitative estimate of drug-likeness (QED) is 0.411. The fraction of sp³-hybridized carbons (Fsp3) is 0.714. The Morgan fingerprint density at radius 3 is 2.67 bits per heavy atom. The largest absolute Gasteiger partial charge is 0.383 e. The zero-order valence-electron chi connectivity index (χ0n) is 13.5. The summed E-state index contributed by atoms with van der Waals surface area (Å²) >= 11 is 0. The van der Waals surface area contributed by atoms with Gasteiger partial charge in [-0.05, 0) is 19.8 Å². The van der Waals surface area contributed by atoms with Crippen molar-refractivity contribution in [3.05, 3.63) is 17.5 Å². The van der Waals surface area contributed by atoms with Crippen molar-refractivity contribution in [3.63, 3.8) is 0 Å². The lowest BCUT2D eigenvalue weighted by Gasteiger charge is -2.16. The molecule has 1 rings (SSSR count). The number of halogens is 1. The molecule has 0 saturated heterocycles. The number of hydrogen-bond acceptors (Lipinski definition) is 4. The van der Waals surface area contributed by atoms with Gasteiger partial charge < -0.3 is 19.9 Å². The van der Waals surface area contributed by atoms with Crippen molar-refractivity contribution in [3.8, 4) is 0 Å². The molecule has 0 fully saturated rings. The van der Waals surface area contributed by atoms with Gasteiger partial charge in [0.05, 0.1) is 12.3 Å². The Bertz CT molecular complexity index is 421. The number of rotatable bonds is 7. The Hall–Kier alpha value is -0.830. The first-order chi connectivity index (χ1) is 9.56. The van der Waals surface area contributed by atoms with E-state index in [1.807, 2.05) is 19.9 Å². The SMILES string of the molecule is CCNC(=NCc1cc(C(C)C)no1)NC(C)COC.I. The van der Waals surface area contributed by atoms with Crippen LogP contribution in [0.2, 0.25) is 0 Å². The second kappa shape index (κ2) is 10.8. The molecule has 0 bridgehead atoms. The maximum Gasteiger partial charge on any atom is 0.191 e. The number of aromatic nitrogens is 1. The molecule has 2 N–H and O–H groups in total. The summed E-state index contributed by atoms with van der Waals surface area (Å²) in [6.07, 6.45) is 0. The van der Waals surface area contributed by atoms with Gasteiger partial charge in [0.1, 0.15) is 6.54 Å². The molecule has 1 unspecified atom stereocenters. The Morgan fingerprint density at radius 1 is 1.43 bits per heavy atom. The molecule has 0 saturated carbocycles. The topological polar surface area (TPSA) is 71.7 Å². The van der Waals surface area contributed by atoms with Crippen LogP contribution in [0.3, 0.4) is 0 Å². The van der Waals surface area contributed by atoms with E-state index in [2.05, 4.69) is 34.6 Å². The Kier molecular flexibility index (Phi) is 10.4. The number of nitrogens with zero attached hydrogens (tertiary/aromatic N) is 2. The molecule has 7 heteroatoms. The number of hydrogen-bond donors (Lipinski definition) is 2. The maximum atomic E-state index is 5.27. The van der Waals surface area contributed by atoms with E-state index < -0.39 is 0 Å². The molecule has 21 heavy (non-hydrogen) atoms. The Labute approximate surface area is 144 Å². The molecule has 0 aliphatic carbocycles. The van der Waals surface area contributed by atoms with Gasteiger partial charge in [0.25, 0.3) is 0 Å². The third kappa shape index (κ3) is 7.66. The van der Waals surface area contributed by atoms with Gasteiger partial charge in [0, 0.05) is 25.8 Å². The van der Waals surface area contributed by atoms with E-state index in [1.54, 1.807) is 7.11 Å². The summed E-state index contributed by atoms with van der Waals surface area (Å²) in [5, 5.41) is 10.5. The Morgan fingerprint density at radius 2 is 2.14 bits per heavy atom. The third-order valence-electron chi connectivity index (χ3n) is 2.71. The fourth-order valence-corrected chi connectivity index (χ4v) is 1.68. The van der Waals surface area contributed by atoms with Crippen molar-refractivity contribution in [2.75, 3.05) is 20.3 Å². The second-order valence-electron chi connectivity index (χ2n) is 5.07. The normalized spacial score (nSPS) is 13.0. The summed E-state index contributed by atoms with van der Waals surface area (Å²) in [4.78, 5) is 4.48. The van der Waals surface area contributed by atoms with Gasteiger partial charge in [-0.3, -0.25) is 0 Å². The van der Waals surface area contributed by atoms with E-state index >= 15 is 0 Å². The summed E-state index contributed by atoms with van der Waals surface area (Å²) in [6, 6.07) is 2.15. The van der Waals surface area contributed by atoms with Gasteiger partial charge in [-0.25, -0.2) is 4.99 Å². The zero-order valence-corrected chi connectivity index (χ0v) is 15.8. The highest BCUT2D eigenvalue weighted by Crippen LogP contribution is 2.14. The highest BCUT2D eigenvalue weighted by atomic mass is 127. The minimum Gasteiger partial charge on any atom is -0.383 e. The van der Waals surface area contributed by atoms with Crippen molar-refractivity contribution in [1.82, 2.24) is 15.8 Å². The Balaban J connectivity index is 0.00000400. The number of nitrogens with one attached hydrogen (secondary N) is 2. The van der Waals surface area contributed by atoms with Gasteiger partial charge >= 0.3 is 0 Å². The highest BCUT2D eigenvalue weighted by molar-refractivity contribution is 14.0. The molecular weight excluding hydrogens is 383 g/mol. The predicted octanol–water partition coefficient (Wildman–Crippen LogP) is 2.51. The predicted molar refractivity (Wildman–Crippen MR) is 95.3 cm³/mol. The van der Waals surface area contributed by atoms with Crippen LogP contribution < -0.4 is 10.6 Å². The van der Waals surface area contributed by atoms with Crippen molar-refractivity contribution in [1.29, 1.82) is 0 Å². The van der Waals surface area contributed by atoms with Crippen LogP contribution >= 0.6 is 24.0 Å². The van der Waals surface area contributed by atoms with Gasteiger partial charge in [-0.2, -0.15) is 0 Å². The summed E-state index contributed by atoms with van der Waals surface area (Å²) in [6.45, 7) is 10.1. The van der Waals surface area contributed by atoms with Crippen molar-refractivity contribution < 1.29 is 9.26 Å². The average Bonchev–Trinajstić information content (AvgIpc) is 2.85. The average molecular weight is 410 g/mol. The first-order valence-corrected chi connectivity index (χ1v) is 7.06. The standard InChI is InChI=1S/C14H26N4O2.HI/c1-6-15-14(17-11(4)9-19-5)16-8-12-7-13(10(2)3)18-20-12;/h7,10-11H,6,8-9H2,1-5H3,(H2,15,16,17);1H. The van der Waals surface area contributed by atoms with Gasteiger partial charge in [0.2, 0.25) is 0 Å². The molecule has 0 radical (unpaired) electrons. The molecule has 0 aliphatic rings. The number of methoxy groups -OCH3 is 1. The maximum absolute atomic E-state index is 5.27. The summed E-state index contributed by atoms with van der Waals surface area (Å²) in [7, 11) is 1.68. The second-order valence-corrected chi connectivity index (χ2v) is 5.07. The van der Waals surface area contributed by atoms with Crippen molar-refractivity contribution in [2.24, 2.45) is 4.99 Å². The van der Waals surface area contributed by atoms with Crippen LogP contribution in [0.15, 0.2) is 15.6 Å². The molecule has 1 heterocycles. The van der Waals surface area contributed by atoms with E-state index in [1.165, 1.54) is 0 Å². The molecule has 1 aromatic rings. The van der Waals surface area contributed by atoms with E-state index in [-0.39, 0.29) is 30.0 Å². The summed E-state index contributed by atoms with van der Waals surface area (Å²) < 4.78 is 10.4. The number of aliphatic imine (C=N–C) groups is 1. The summed E-state index contributed by atoms with van der Waals surface area (Å²) in [5.41, 5.74) is 0.959. The van der Waals surface area contributed by atoms with E-state index in [0.717, 1.165) is 24.0 Å². The zero-order chi connectivity index (χ0) is 15.0. The highest BCUT2D eigenvalue weighted by Gasteiger charge is 2.08. The van der Waals surface area contributed by atoms with Crippen LogP contribution in [-0.4, -0.2) is 37.4 Å². The molecule has 0 aliphatic heterocycles. The third-order valence-corrected chi connectivity index (χ3v) is 2.71. The molecular formula is C14H27IN4O2. The van der Waals surface area contributed by atoms with Gasteiger partial charge in [-0.1, -0.05) is 19.0 Å². The van der Waals surface area contributed by atoms with Crippen LogP contribution in [0.1, 0.15) is 45.1 Å². The lowest BCUT2D eigenvalue weighted by Crippen LogP contribution is -2.43.